The van der Waals surface area contributed by atoms with Gasteiger partial charge in [-0.2, -0.15) is 0 Å². The van der Waals surface area contributed by atoms with Gasteiger partial charge in [0, 0.05) is 18.5 Å². The Bertz CT molecular complexity index is 792. The van der Waals surface area contributed by atoms with E-state index in [-0.39, 0.29) is 29.3 Å². The summed E-state index contributed by atoms with van der Waals surface area (Å²) in [5.74, 6) is -1.05. The highest BCUT2D eigenvalue weighted by Gasteiger charge is 2.27. The minimum Gasteiger partial charge on any atom is -0.463 e. The number of hydrogen-bond donors (Lipinski definition) is 1. The van der Waals surface area contributed by atoms with Crippen molar-refractivity contribution >= 4 is 17.6 Å². The minimum atomic E-state index is -0.907. The highest BCUT2D eigenvalue weighted by molar-refractivity contribution is 5.94. The second-order valence-corrected chi connectivity index (χ2v) is 5.83. The highest BCUT2D eigenvalue weighted by Crippen LogP contribution is 2.27. The maximum Gasteiger partial charge on any atom is 0.308 e. The van der Waals surface area contributed by atoms with Crippen LogP contribution in [0, 0.1) is 10.1 Å². The van der Waals surface area contributed by atoms with Crippen LogP contribution in [-0.4, -0.2) is 27.9 Å². The van der Waals surface area contributed by atoms with Crippen molar-refractivity contribution in [3.05, 3.63) is 70.0 Å². The molecular formula is C18H19N3O5. The Balaban J connectivity index is 2.32. The van der Waals surface area contributed by atoms with Crippen LogP contribution in [-0.2, 0) is 9.53 Å². The largest absolute Gasteiger partial charge is 0.463 e. The van der Waals surface area contributed by atoms with Crippen LogP contribution in [0.4, 0.5) is 5.69 Å². The second kappa shape index (κ2) is 8.70. The van der Waals surface area contributed by atoms with Crippen molar-refractivity contribution in [3.8, 4) is 0 Å². The van der Waals surface area contributed by atoms with Gasteiger partial charge in [-0.15, -0.1) is 0 Å². The summed E-state index contributed by atoms with van der Waals surface area (Å²) in [5, 5.41) is 14.0. The third-order valence-electron chi connectivity index (χ3n) is 3.48. The third kappa shape index (κ3) is 5.10. The Hall–Kier alpha value is -3.29. The standard InChI is InChI=1S/C18H19N3O5/c1-12(2)26-17(22)10-15(14-7-3-4-8-16(14)21(24)25)20-18(23)13-6-5-9-19-11-13/h3-9,11-12,15H,10H2,1-2H3,(H,20,23). The van der Waals surface area contributed by atoms with Crippen molar-refractivity contribution < 1.29 is 19.2 Å². The van der Waals surface area contributed by atoms with Crippen molar-refractivity contribution in [2.75, 3.05) is 0 Å². The van der Waals surface area contributed by atoms with E-state index in [1.165, 1.54) is 30.6 Å². The van der Waals surface area contributed by atoms with Crippen LogP contribution in [0.2, 0.25) is 0 Å². The van der Waals surface area contributed by atoms with Gasteiger partial charge < -0.3 is 10.1 Å². The zero-order chi connectivity index (χ0) is 19.1. The zero-order valence-corrected chi connectivity index (χ0v) is 14.4. The topological polar surface area (TPSA) is 111 Å². The van der Waals surface area contributed by atoms with Gasteiger partial charge in [-0.3, -0.25) is 24.7 Å². The fourth-order valence-electron chi connectivity index (χ4n) is 2.40. The van der Waals surface area contributed by atoms with Crippen molar-refractivity contribution in [2.45, 2.75) is 32.4 Å². The number of nitro benzene ring substituents is 1. The van der Waals surface area contributed by atoms with E-state index in [2.05, 4.69) is 10.3 Å². The molecule has 8 nitrogen and oxygen atoms in total. The number of esters is 1. The monoisotopic (exact) mass is 357 g/mol. The number of amides is 1. The van der Waals surface area contributed by atoms with Gasteiger partial charge in [0.25, 0.3) is 11.6 Å². The van der Waals surface area contributed by atoms with Crippen LogP contribution < -0.4 is 5.32 Å². The number of nitro groups is 1. The molecule has 8 heteroatoms. The SMILES string of the molecule is CC(C)OC(=O)CC(NC(=O)c1cccnc1)c1ccccc1[N+](=O)[O-]. The predicted octanol–water partition coefficient (Wildman–Crippen LogP) is 2.80. The molecule has 26 heavy (non-hydrogen) atoms. The maximum absolute atomic E-state index is 12.4. The Kier molecular flexibility index (Phi) is 6.37. The van der Waals surface area contributed by atoms with E-state index in [1.807, 2.05) is 0 Å². The zero-order valence-electron chi connectivity index (χ0n) is 14.4. The number of aromatic nitrogens is 1. The number of pyridine rings is 1. The van der Waals surface area contributed by atoms with Crippen LogP contribution in [0.25, 0.3) is 0 Å². The second-order valence-electron chi connectivity index (χ2n) is 5.83. The molecule has 0 saturated heterocycles. The van der Waals surface area contributed by atoms with Crippen LogP contribution >= 0.6 is 0 Å². The molecule has 2 aromatic rings. The Morgan fingerprint density at radius 1 is 1.23 bits per heavy atom. The van der Waals surface area contributed by atoms with Gasteiger partial charge in [0.15, 0.2) is 0 Å². The number of carbonyl (C=O) groups is 2. The summed E-state index contributed by atoms with van der Waals surface area (Å²) in [6.07, 6.45) is 2.34. The molecule has 2 rings (SSSR count). The number of carbonyl (C=O) groups excluding carboxylic acids is 2. The summed E-state index contributed by atoms with van der Waals surface area (Å²) in [5.41, 5.74) is 0.338. The van der Waals surface area contributed by atoms with Gasteiger partial charge in [0.2, 0.25) is 0 Å². The molecule has 1 N–H and O–H groups in total. The number of rotatable bonds is 7. The fourth-order valence-corrected chi connectivity index (χ4v) is 2.40. The van der Waals surface area contributed by atoms with E-state index >= 15 is 0 Å². The van der Waals surface area contributed by atoms with Crippen molar-refractivity contribution in [1.82, 2.24) is 10.3 Å². The molecule has 1 amide bonds. The van der Waals surface area contributed by atoms with Crippen LogP contribution in [0.5, 0.6) is 0 Å². The molecule has 0 radical (unpaired) electrons. The first kappa shape index (κ1) is 19.0. The number of ether oxygens (including phenoxy) is 1. The normalized spacial score (nSPS) is 11.7. The lowest BCUT2D eigenvalue weighted by Gasteiger charge is -2.19. The van der Waals surface area contributed by atoms with E-state index in [4.69, 9.17) is 4.74 Å². The van der Waals surface area contributed by atoms with Gasteiger partial charge in [0.05, 0.1) is 34.6 Å². The Labute approximate surface area is 150 Å². The average molecular weight is 357 g/mol. The Morgan fingerprint density at radius 3 is 2.58 bits per heavy atom. The Morgan fingerprint density at radius 2 is 1.96 bits per heavy atom. The van der Waals surface area contributed by atoms with Gasteiger partial charge in [0.1, 0.15) is 0 Å². The number of hydrogen-bond acceptors (Lipinski definition) is 6. The molecule has 0 bridgehead atoms. The lowest BCUT2D eigenvalue weighted by Crippen LogP contribution is -2.31. The molecule has 0 aliphatic rings. The fraction of sp³-hybridized carbons (Fsp3) is 0.278. The summed E-state index contributed by atoms with van der Waals surface area (Å²) in [7, 11) is 0. The van der Waals surface area contributed by atoms with Crippen LogP contribution in [0.1, 0.15) is 42.2 Å². The molecule has 1 aromatic heterocycles. The summed E-state index contributed by atoms with van der Waals surface area (Å²) < 4.78 is 5.12. The van der Waals surface area contributed by atoms with Gasteiger partial charge >= 0.3 is 5.97 Å². The summed E-state index contributed by atoms with van der Waals surface area (Å²) in [6, 6.07) is 8.22. The third-order valence-corrected chi connectivity index (χ3v) is 3.48. The number of nitrogens with one attached hydrogen (secondary N) is 1. The smallest absolute Gasteiger partial charge is 0.308 e. The van der Waals surface area contributed by atoms with E-state index in [9.17, 15) is 19.7 Å². The molecule has 0 fully saturated rings. The van der Waals surface area contributed by atoms with Crippen molar-refractivity contribution in [2.24, 2.45) is 0 Å². The van der Waals surface area contributed by atoms with Gasteiger partial charge in [-0.1, -0.05) is 18.2 Å². The van der Waals surface area contributed by atoms with E-state index in [1.54, 1.807) is 32.0 Å². The summed E-state index contributed by atoms with van der Waals surface area (Å²) in [6.45, 7) is 3.40. The summed E-state index contributed by atoms with van der Waals surface area (Å²) >= 11 is 0. The molecular weight excluding hydrogens is 338 g/mol. The van der Waals surface area contributed by atoms with E-state index in [0.717, 1.165) is 0 Å². The highest BCUT2D eigenvalue weighted by atomic mass is 16.6. The van der Waals surface area contributed by atoms with Crippen molar-refractivity contribution in [1.29, 1.82) is 0 Å². The molecule has 0 spiro atoms. The quantitative estimate of drug-likeness (QED) is 0.463. The minimum absolute atomic E-state index is 0.179. The molecule has 0 aliphatic heterocycles. The molecule has 0 saturated carbocycles. The van der Waals surface area contributed by atoms with Gasteiger partial charge in [-0.25, -0.2) is 0 Å². The molecule has 1 heterocycles. The maximum atomic E-state index is 12.4. The first-order valence-corrected chi connectivity index (χ1v) is 8.02. The van der Waals surface area contributed by atoms with Gasteiger partial charge in [-0.05, 0) is 26.0 Å². The first-order valence-electron chi connectivity index (χ1n) is 8.02. The van der Waals surface area contributed by atoms with Crippen molar-refractivity contribution in [3.63, 3.8) is 0 Å². The molecule has 0 aliphatic carbocycles. The predicted molar refractivity (Wildman–Crippen MR) is 93.4 cm³/mol. The lowest BCUT2D eigenvalue weighted by atomic mass is 10.0. The van der Waals surface area contributed by atoms with Crippen LogP contribution in [0.3, 0.4) is 0 Å². The summed E-state index contributed by atoms with van der Waals surface area (Å²) in [4.78, 5) is 39.2. The average Bonchev–Trinajstić information content (AvgIpc) is 2.61. The van der Waals surface area contributed by atoms with E-state index < -0.39 is 22.8 Å². The molecule has 136 valence electrons. The van der Waals surface area contributed by atoms with Crippen LogP contribution in [0.15, 0.2) is 48.8 Å². The number of nitrogens with zero attached hydrogens (tertiary/aromatic N) is 2. The lowest BCUT2D eigenvalue weighted by molar-refractivity contribution is -0.385. The molecule has 1 unspecified atom stereocenters. The first-order chi connectivity index (χ1) is 12.4. The molecule has 1 aromatic carbocycles. The number of benzene rings is 1. The molecule has 1 atom stereocenters. The van der Waals surface area contributed by atoms with E-state index in [0.29, 0.717) is 0 Å². The number of para-hydroxylation sites is 1.